The number of nitrogens with zero attached hydrogens (tertiary/aromatic N) is 3. The Morgan fingerprint density at radius 3 is 2.55 bits per heavy atom. The molecule has 8 heteroatoms. The molecule has 1 amide bonds. The highest BCUT2D eigenvalue weighted by Crippen LogP contribution is 2.27. The molecule has 1 heterocycles. The van der Waals surface area contributed by atoms with Crippen LogP contribution < -0.4 is 14.8 Å². The van der Waals surface area contributed by atoms with E-state index in [-0.39, 0.29) is 11.7 Å². The summed E-state index contributed by atoms with van der Waals surface area (Å²) < 4.78 is 13.0. The first kappa shape index (κ1) is 22.7. The highest BCUT2D eigenvalue weighted by Gasteiger charge is 2.15. The van der Waals surface area contributed by atoms with Crippen molar-refractivity contribution in [3.63, 3.8) is 0 Å². The van der Waals surface area contributed by atoms with Crippen molar-refractivity contribution in [3.8, 4) is 22.9 Å². The van der Waals surface area contributed by atoms with Crippen LogP contribution in [0, 0.1) is 5.92 Å². The van der Waals surface area contributed by atoms with E-state index in [1.807, 2.05) is 60.0 Å². The number of carbonyl (C=O) groups is 1. The third-order valence-electron chi connectivity index (χ3n) is 4.44. The molecule has 3 rings (SSSR count). The fraction of sp³-hybridized carbons (Fsp3) is 0.348. The molecule has 0 bridgehead atoms. The number of methoxy groups -OCH3 is 1. The Morgan fingerprint density at radius 1 is 1.13 bits per heavy atom. The van der Waals surface area contributed by atoms with Gasteiger partial charge in [0.15, 0.2) is 11.0 Å². The lowest BCUT2D eigenvalue weighted by atomic mass is 10.2. The highest BCUT2D eigenvalue weighted by atomic mass is 32.2. The molecule has 0 aliphatic heterocycles. The standard InChI is InChI=1S/C23H28N4O3S/c1-5-27-22(17-10-12-18(13-11-17)30-14-16(2)3)25-26-23(27)31-15-21(28)24-19-8-6-7-9-20(19)29-4/h6-13,16H,5,14-15H2,1-4H3,(H,24,28). The van der Waals surface area contributed by atoms with Crippen molar-refractivity contribution >= 4 is 23.4 Å². The molecule has 0 atom stereocenters. The van der Waals surface area contributed by atoms with E-state index in [2.05, 4.69) is 29.4 Å². The zero-order chi connectivity index (χ0) is 22.2. The van der Waals surface area contributed by atoms with Gasteiger partial charge in [-0.05, 0) is 49.2 Å². The molecule has 3 aromatic rings. The van der Waals surface area contributed by atoms with Gasteiger partial charge in [-0.3, -0.25) is 4.79 Å². The summed E-state index contributed by atoms with van der Waals surface area (Å²) in [5, 5.41) is 12.2. The first-order chi connectivity index (χ1) is 15.0. The molecule has 0 aliphatic rings. The van der Waals surface area contributed by atoms with Crippen molar-refractivity contribution in [2.24, 2.45) is 5.92 Å². The van der Waals surface area contributed by atoms with E-state index in [0.717, 1.165) is 17.1 Å². The fourth-order valence-electron chi connectivity index (χ4n) is 2.92. The van der Waals surface area contributed by atoms with Crippen LogP contribution in [-0.4, -0.2) is 40.1 Å². The average Bonchev–Trinajstić information content (AvgIpc) is 3.20. The van der Waals surface area contributed by atoms with Crippen molar-refractivity contribution in [2.75, 3.05) is 24.8 Å². The van der Waals surface area contributed by atoms with Gasteiger partial charge in [0.1, 0.15) is 11.5 Å². The monoisotopic (exact) mass is 440 g/mol. The maximum atomic E-state index is 12.4. The van der Waals surface area contributed by atoms with Crippen LogP contribution in [0.25, 0.3) is 11.4 Å². The molecule has 31 heavy (non-hydrogen) atoms. The molecule has 0 unspecified atom stereocenters. The number of anilines is 1. The Kier molecular flexibility index (Phi) is 7.94. The van der Waals surface area contributed by atoms with Crippen molar-refractivity contribution in [2.45, 2.75) is 32.5 Å². The molecule has 0 aliphatic carbocycles. The van der Waals surface area contributed by atoms with E-state index in [4.69, 9.17) is 9.47 Å². The fourth-order valence-corrected chi connectivity index (χ4v) is 3.72. The third-order valence-corrected chi connectivity index (χ3v) is 5.41. The molecule has 0 saturated carbocycles. The quantitative estimate of drug-likeness (QED) is 0.459. The summed E-state index contributed by atoms with van der Waals surface area (Å²) >= 11 is 1.35. The predicted octanol–water partition coefficient (Wildman–Crippen LogP) is 4.74. The molecule has 1 aromatic heterocycles. The van der Waals surface area contributed by atoms with E-state index in [9.17, 15) is 4.79 Å². The van der Waals surface area contributed by atoms with Gasteiger partial charge in [0.05, 0.1) is 25.2 Å². The molecular weight excluding hydrogens is 412 g/mol. The molecule has 7 nitrogen and oxygen atoms in total. The zero-order valence-corrected chi connectivity index (χ0v) is 19.1. The van der Waals surface area contributed by atoms with E-state index in [0.29, 0.717) is 35.7 Å². The second-order valence-corrected chi connectivity index (χ2v) is 8.26. The van der Waals surface area contributed by atoms with Gasteiger partial charge >= 0.3 is 0 Å². The summed E-state index contributed by atoms with van der Waals surface area (Å²) in [5.74, 6) is 2.79. The highest BCUT2D eigenvalue weighted by molar-refractivity contribution is 7.99. The van der Waals surface area contributed by atoms with Gasteiger partial charge < -0.3 is 19.4 Å². The van der Waals surface area contributed by atoms with Gasteiger partial charge in [-0.2, -0.15) is 0 Å². The molecule has 0 spiro atoms. The smallest absolute Gasteiger partial charge is 0.234 e. The molecule has 0 radical (unpaired) electrons. The number of thioether (sulfide) groups is 1. The molecule has 0 fully saturated rings. The van der Waals surface area contributed by atoms with Crippen LogP contribution in [0.2, 0.25) is 0 Å². The summed E-state index contributed by atoms with van der Waals surface area (Å²) in [5.41, 5.74) is 1.60. The number of benzene rings is 2. The molecule has 1 N–H and O–H groups in total. The lowest BCUT2D eigenvalue weighted by Crippen LogP contribution is -2.15. The van der Waals surface area contributed by atoms with Crippen LogP contribution in [0.5, 0.6) is 11.5 Å². The first-order valence-corrected chi connectivity index (χ1v) is 11.2. The third kappa shape index (κ3) is 6.01. The summed E-state index contributed by atoms with van der Waals surface area (Å²) in [6.07, 6.45) is 0. The molecule has 164 valence electrons. The Hall–Kier alpha value is -3.00. The number of hydrogen-bond acceptors (Lipinski definition) is 6. The maximum Gasteiger partial charge on any atom is 0.234 e. The van der Waals surface area contributed by atoms with Gasteiger partial charge in [-0.1, -0.05) is 37.7 Å². The van der Waals surface area contributed by atoms with Crippen LogP contribution in [0.15, 0.2) is 53.7 Å². The number of nitrogens with one attached hydrogen (secondary N) is 1. The minimum absolute atomic E-state index is 0.131. The number of para-hydroxylation sites is 2. The number of ether oxygens (including phenoxy) is 2. The van der Waals surface area contributed by atoms with Gasteiger partial charge in [0, 0.05) is 12.1 Å². The Bertz CT molecular complexity index is 1000. The van der Waals surface area contributed by atoms with Crippen LogP contribution in [-0.2, 0) is 11.3 Å². The normalized spacial score (nSPS) is 10.9. The Labute approximate surface area is 187 Å². The summed E-state index contributed by atoms with van der Waals surface area (Å²) in [6.45, 7) is 7.65. The summed E-state index contributed by atoms with van der Waals surface area (Å²) in [6, 6.07) is 15.2. The first-order valence-electron chi connectivity index (χ1n) is 10.2. The van der Waals surface area contributed by atoms with Crippen molar-refractivity contribution in [3.05, 3.63) is 48.5 Å². The van der Waals surface area contributed by atoms with E-state index in [1.165, 1.54) is 11.8 Å². The van der Waals surface area contributed by atoms with Crippen molar-refractivity contribution < 1.29 is 14.3 Å². The lowest BCUT2D eigenvalue weighted by Gasteiger charge is -2.11. The topological polar surface area (TPSA) is 78.3 Å². The second kappa shape index (κ2) is 10.9. The van der Waals surface area contributed by atoms with E-state index < -0.39 is 0 Å². The van der Waals surface area contributed by atoms with E-state index in [1.54, 1.807) is 7.11 Å². The largest absolute Gasteiger partial charge is 0.495 e. The zero-order valence-electron chi connectivity index (χ0n) is 18.3. The van der Waals surface area contributed by atoms with Gasteiger partial charge in [0.25, 0.3) is 0 Å². The summed E-state index contributed by atoms with van der Waals surface area (Å²) in [4.78, 5) is 12.4. The van der Waals surface area contributed by atoms with Gasteiger partial charge in [0.2, 0.25) is 5.91 Å². The number of amides is 1. The van der Waals surface area contributed by atoms with Gasteiger partial charge in [-0.25, -0.2) is 0 Å². The Balaban J connectivity index is 1.65. The summed E-state index contributed by atoms with van der Waals surface area (Å²) in [7, 11) is 1.58. The minimum atomic E-state index is -0.131. The average molecular weight is 441 g/mol. The maximum absolute atomic E-state index is 12.4. The van der Waals surface area contributed by atoms with Crippen LogP contribution in [0.4, 0.5) is 5.69 Å². The van der Waals surface area contributed by atoms with Crippen molar-refractivity contribution in [1.29, 1.82) is 0 Å². The number of hydrogen-bond donors (Lipinski definition) is 1. The SMILES string of the molecule is CCn1c(SCC(=O)Nc2ccccc2OC)nnc1-c1ccc(OCC(C)C)cc1. The minimum Gasteiger partial charge on any atom is -0.495 e. The second-order valence-electron chi connectivity index (χ2n) is 7.32. The number of aromatic nitrogens is 3. The van der Waals surface area contributed by atoms with Crippen LogP contribution >= 0.6 is 11.8 Å². The lowest BCUT2D eigenvalue weighted by molar-refractivity contribution is -0.113. The molecule has 2 aromatic carbocycles. The van der Waals surface area contributed by atoms with Crippen LogP contribution in [0.1, 0.15) is 20.8 Å². The Morgan fingerprint density at radius 2 is 1.87 bits per heavy atom. The number of rotatable bonds is 10. The van der Waals surface area contributed by atoms with Crippen molar-refractivity contribution in [1.82, 2.24) is 14.8 Å². The van der Waals surface area contributed by atoms with E-state index >= 15 is 0 Å². The molecule has 0 saturated heterocycles. The molecular formula is C23H28N4O3S. The van der Waals surface area contributed by atoms with Crippen LogP contribution in [0.3, 0.4) is 0 Å². The predicted molar refractivity (Wildman–Crippen MR) is 124 cm³/mol. The number of carbonyl (C=O) groups excluding carboxylic acids is 1. The van der Waals surface area contributed by atoms with Gasteiger partial charge in [-0.15, -0.1) is 10.2 Å².